The lowest BCUT2D eigenvalue weighted by Gasteiger charge is -2.26. The summed E-state index contributed by atoms with van der Waals surface area (Å²) in [6.45, 7) is 1.42. The average molecular weight is 239 g/mol. The molecule has 1 amide bonds. The third-order valence-corrected chi connectivity index (χ3v) is 3.45. The van der Waals surface area contributed by atoms with E-state index in [1.807, 2.05) is 11.8 Å². The summed E-state index contributed by atoms with van der Waals surface area (Å²) < 4.78 is 0. The zero-order valence-corrected chi connectivity index (χ0v) is 9.54. The van der Waals surface area contributed by atoms with E-state index in [0.717, 1.165) is 11.5 Å². The molecule has 16 heavy (non-hydrogen) atoms. The van der Waals surface area contributed by atoms with E-state index in [2.05, 4.69) is 0 Å². The van der Waals surface area contributed by atoms with Crippen LogP contribution >= 0.6 is 11.8 Å². The molecule has 86 valence electrons. The summed E-state index contributed by atoms with van der Waals surface area (Å²) in [7, 11) is 0. The molecule has 0 spiro atoms. The fourth-order valence-electron chi connectivity index (χ4n) is 1.64. The molecule has 0 atom stereocenters. The molecule has 5 heteroatoms. The van der Waals surface area contributed by atoms with Crippen molar-refractivity contribution in [2.75, 3.05) is 24.6 Å². The number of benzene rings is 1. The molecule has 0 aliphatic carbocycles. The molecule has 0 saturated carbocycles. The second kappa shape index (κ2) is 4.65. The number of carbonyl (C=O) groups excluding carboxylic acids is 1. The van der Waals surface area contributed by atoms with Gasteiger partial charge in [-0.25, -0.2) is 0 Å². The molecule has 0 unspecified atom stereocenters. The molecular weight excluding hydrogens is 226 g/mol. The second-order valence-corrected chi connectivity index (χ2v) is 4.83. The van der Waals surface area contributed by atoms with Gasteiger partial charge in [0.1, 0.15) is 11.5 Å². The van der Waals surface area contributed by atoms with Crippen molar-refractivity contribution in [3.63, 3.8) is 0 Å². The maximum absolute atomic E-state index is 12.0. The van der Waals surface area contributed by atoms with Gasteiger partial charge in [0.2, 0.25) is 0 Å². The van der Waals surface area contributed by atoms with Gasteiger partial charge in [0.05, 0.1) is 5.56 Å². The summed E-state index contributed by atoms with van der Waals surface area (Å²) in [5.74, 6) is 1.50. The highest BCUT2D eigenvalue weighted by atomic mass is 32.2. The van der Waals surface area contributed by atoms with Gasteiger partial charge in [0.25, 0.3) is 5.91 Å². The largest absolute Gasteiger partial charge is 0.508 e. The number of hydrogen-bond donors (Lipinski definition) is 2. The van der Waals surface area contributed by atoms with E-state index < -0.39 is 0 Å². The SMILES string of the molecule is O=C(c1ccc(O)cc1O)N1CCSCC1. The second-order valence-electron chi connectivity index (χ2n) is 3.61. The molecule has 1 aliphatic rings. The summed E-state index contributed by atoms with van der Waals surface area (Å²) in [4.78, 5) is 13.7. The van der Waals surface area contributed by atoms with Gasteiger partial charge in [-0.2, -0.15) is 11.8 Å². The summed E-state index contributed by atoms with van der Waals surface area (Å²) in [6.07, 6.45) is 0. The van der Waals surface area contributed by atoms with Crippen LogP contribution in [0, 0.1) is 0 Å². The van der Waals surface area contributed by atoms with Crippen LogP contribution in [0.15, 0.2) is 18.2 Å². The minimum Gasteiger partial charge on any atom is -0.508 e. The Morgan fingerprint density at radius 3 is 2.56 bits per heavy atom. The smallest absolute Gasteiger partial charge is 0.257 e. The number of aromatic hydroxyl groups is 2. The standard InChI is InChI=1S/C11H13NO3S/c13-8-1-2-9(10(14)7-8)11(15)12-3-5-16-6-4-12/h1-2,7,13-14H,3-6H2. The van der Waals surface area contributed by atoms with Crippen LogP contribution in [0.1, 0.15) is 10.4 Å². The molecule has 1 heterocycles. The predicted molar refractivity (Wildman–Crippen MR) is 63.0 cm³/mol. The van der Waals surface area contributed by atoms with Crippen LogP contribution in [0.3, 0.4) is 0 Å². The maximum Gasteiger partial charge on any atom is 0.257 e. The molecule has 1 aliphatic heterocycles. The Kier molecular flexibility index (Phi) is 3.24. The Labute approximate surface area is 97.9 Å². The third kappa shape index (κ3) is 2.24. The van der Waals surface area contributed by atoms with E-state index in [1.54, 1.807) is 4.90 Å². The zero-order chi connectivity index (χ0) is 11.5. The van der Waals surface area contributed by atoms with E-state index in [1.165, 1.54) is 18.2 Å². The molecule has 1 aromatic carbocycles. The van der Waals surface area contributed by atoms with E-state index in [9.17, 15) is 9.90 Å². The van der Waals surface area contributed by atoms with Gasteiger partial charge in [-0.1, -0.05) is 0 Å². The third-order valence-electron chi connectivity index (χ3n) is 2.51. The molecule has 0 bridgehead atoms. The van der Waals surface area contributed by atoms with Crippen LogP contribution in [0.25, 0.3) is 0 Å². The van der Waals surface area contributed by atoms with Crippen molar-refractivity contribution in [3.05, 3.63) is 23.8 Å². The van der Waals surface area contributed by atoms with E-state index in [-0.39, 0.29) is 23.0 Å². The van der Waals surface area contributed by atoms with Gasteiger partial charge >= 0.3 is 0 Å². The van der Waals surface area contributed by atoms with Gasteiger partial charge in [-0.05, 0) is 12.1 Å². The normalized spacial score (nSPS) is 16.1. The summed E-state index contributed by atoms with van der Waals surface area (Å²) in [5, 5.41) is 18.7. The number of thioether (sulfide) groups is 1. The number of amides is 1. The Hall–Kier alpha value is -1.36. The molecule has 0 radical (unpaired) electrons. The zero-order valence-electron chi connectivity index (χ0n) is 8.72. The fourth-order valence-corrected chi connectivity index (χ4v) is 2.54. The Morgan fingerprint density at radius 2 is 1.94 bits per heavy atom. The minimum atomic E-state index is -0.169. The summed E-state index contributed by atoms with van der Waals surface area (Å²) in [6, 6.07) is 4.05. The lowest BCUT2D eigenvalue weighted by atomic mass is 10.1. The monoisotopic (exact) mass is 239 g/mol. The highest BCUT2D eigenvalue weighted by Crippen LogP contribution is 2.24. The van der Waals surface area contributed by atoms with E-state index in [4.69, 9.17) is 5.11 Å². The predicted octanol–water partition coefficient (Wildman–Crippen LogP) is 1.29. The molecule has 1 fully saturated rings. The first-order valence-electron chi connectivity index (χ1n) is 5.07. The fraction of sp³-hybridized carbons (Fsp3) is 0.364. The molecule has 0 aromatic heterocycles. The first kappa shape index (κ1) is 11.1. The van der Waals surface area contributed by atoms with Crippen molar-refractivity contribution < 1.29 is 15.0 Å². The van der Waals surface area contributed by atoms with E-state index >= 15 is 0 Å². The molecule has 1 saturated heterocycles. The van der Waals surface area contributed by atoms with Gasteiger partial charge in [0, 0.05) is 30.7 Å². The minimum absolute atomic E-state index is 0.0387. The highest BCUT2D eigenvalue weighted by molar-refractivity contribution is 7.99. The van der Waals surface area contributed by atoms with Crippen LogP contribution in [0.2, 0.25) is 0 Å². The van der Waals surface area contributed by atoms with Crippen LogP contribution in [-0.4, -0.2) is 45.6 Å². The van der Waals surface area contributed by atoms with Crippen LogP contribution < -0.4 is 0 Å². The van der Waals surface area contributed by atoms with Gasteiger partial charge in [0.15, 0.2) is 0 Å². The van der Waals surface area contributed by atoms with Gasteiger partial charge < -0.3 is 15.1 Å². The number of phenolic OH excluding ortho intramolecular Hbond substituents is 2. The number of phenols is 2. The molecule has 4 nitrogen and oxygen atoms in total. The maximum atomic E-state index is 12.0. The summed E-state index contributed by atoms with van der Waals surface area (Å²) in [5.41, 5.74) is 0.254. The summed E-state index contributed by atoms with van der Waals surface area (Å²) >= 11 is 1.82. The van der Waals surface area contributed by atoms with Crippen LogP contribution in [0.5, 0.6) is 11.5 Å². The lowest BCUT2D eigenvalue weighted by molar-refractivity contribution is 0.0769. The molecule has 2 rings (SSSR count). The molecule has 2 N–H and O–H groups in total. The number of hydrogen-bond acceptors (Lipinski definition) is 4. The topological polar surface area (TPSA) is 60.8 Å². The van der Waals surface area contributed by atoms with Crippen LogP contribution in [-0.2, 0) is 0 Å². The first-order chi connectivity index (χ1) is 7.68. The lowest BCUT2D eigenvalue weighted by Crippen LogP contribution is -2.37. The Bertz CT molecular complexity index is 402. The van der Waals surface area contributed by atoms with Gasteiger partial charge in [-0.15, -0.1) is 0 Å². The average Bonchev–Trinajstić information content (AvgIpc) is 2.29. The molecular formula is C11H13NO3S. The number of carbonyl (C=O) groups is 1. The highest BCUT2D eigenvalue weighted by Gasteiger charge is 2.20. The van der Waals surface area contributed by atoms with Crippen LogP contribution in [0.4, 0.5) is 0 Å². The molecule has 1 aromatic rings. The van der Waals surface area contributed by atoms with Gasteiger partial charge in [-0.3, -0.25) is 4.79 Å². The Balaban J connectivity index is 2.19. The quantitative estimate of drug-likeness (QED) is 0.775. The number of nitrogens with zero attached hydrogens (tertiary/aromatic N) is 1. The van der Waals surface area contributed by atoms with Crippen molar-refractivity contribution >= 4 is 17.7 Å². The van der Waals surface area contributed by atoms with Crippen molar-refractivity contribution in [1.29, 1.82) is 0 Å². The van der Waals surface area contributed by atoms with Crippen molar-refractivity contribution in [1.82, 2.24) is 4.90 Å². The first-order valence-corrected chi connectivity index (χ1v) is 6.23. The number of rotatable bonds is 1. The van der Waals surface area contributed by atoms with Crippen molar-refractivity contribution in [3.8, 4) is 11.5 Å². The van der Waals surface area contributed by atoms with E-state index in [0.29, 0.717) is 13.1 Å². The van der Waals surface area contributed by atoms with Crippen molar-refractivity contribution in [2.45, 2.75) is 0 Å². The Morgan fingerprint density at radius 1 is 1.25 bits per heavy atom. The van der Waals surface area contributed by atoms with Crippen molar-refractivity contribution in [2.24, 2.45) is 0 Å².